The quantitative estimate of drug-likeness (QED) is 0.185. The van der Waals surface area contributed by atoms with Crippen molar-refractivity contribution >= 4 is 42.0 Å². The summed E-state index contributed by atoms with van der Waals surface area (Å²) in [5.41, 5.74) is 2.54. The smallest absolute Gasteiger partial charge is 1.00 e. The molecule has 7 nitrogen and oxygen atoms in total. The molecule has 3 aromatic carbocycles. The molecule has 0 amide bonds. The average Bonchev–Trinajstić information content (AvgIpc) is 3.08. The Morgan fingerprint density at radius 1 is 0.902 bits per heavy atom. The molecule has 0 aliphatic carbocycles. The Kier molecular flexibility index (Phi) is 17.7. The molecule has 3 aromatic rings. The minimum absolute atomic E-state index is 0. The molecule has 0 bridgehead atoms. The molecular formula is C38H49Br2F2NaO7S. The fourth-order valence-corrected chi connectivity index (χ4v) is 8.93. The molecule has 3 aliphatic heterocycles. The molecule has 1 N–H and O–H groups in total. The molecular weight excluding hydrogens is 821 g/mol. The van der Waals surface area contributed by atoms with E-state index in [-0.39, 0.29) is 67.7 Å². The number of aliphatic hydroxyl groups is 1. The fraction of sp³-hybridized carbons (Fsp3) is 0.526. The van der Waals surface area contributed by atoms with Crippen LogP contribution in [0.4, 0.5) is 8.78 Å². The summed E-state index contributed by atoms with van der Waals surface area (Å²) >= 11 is 6.72. The molecule has 2 atom stereocenters. The Morgan fingerprint density at radius 3 is 2.06 bits per heavy atom. The fourth-order valence-electron chi connectivity index (χ4n) is 6.69. The van der Waals surface area contributed by atoms with Gasteiger partial charge in [0.15, 0.2) is 0 Å². The van der Waals surface area contributed by atoms with Gasteiger partial charge in [-0.1, -0.05) is 69.1 Å². The minimum atomic E-state index is -3.87. The van der Waals surface area contributed by atoms with Gasteiger partial charge in [0.2, 0.25) is 0 Å². The van der Waals surface area contributed by atoms with Crippen LogP contribution in [0.1, 0.15) is 89.1 Å². The second kappa shape index (κ2) is 20.2. The Morgan fingerprint density at radius 2 is 1.49 bits per heavy atom. The summed E-state index contributed by atoms with van der Waals surface area (Å²) < 4.78 is 75.4. The van der Waals surface area contributed by atoms with Crippen LogP contribution in [-0.4, -0.2) is 53.2 Å². The zero-order chi connectivity index (χ0) is 35.1. The van der Waals surface area contributed by atoms with Crippen molar-refractivity contribution in [1.82, 2.24) is 0 Å². The molecule has 0 saturated carbocycles. The van der Waals surface area contributed by atoms with E-state index >= 15 is 0 Å². The normalized spacial score (nSPS) is 20.2. The van der Waals surface area contributed by atoms with E-state index in [2.05, 4.69) is 31.9 Å². The van der Waals surface area contributed by atoms with Crippen LogP contribution < -0.4 is 29.6 Å². The largest absolute Gasteiger partial charge is 1.00 e. The van der Waals surface area contributed by atoms with Crippen LogP contribution in [0.15, 0.2) is 74.5 Å². The predicted molar refractivity (Wildman–Crippen MR) is 197 cm³/mol. The molecule has 3 fully saturated rings. The minimum Gasteiger partial charge on any atom is -1.00 e. The Hall–Kier alpha value is -0.770. The zero-order valence-electron chi connectivity index (χ0n) is 29.6. The first-order valence-electron chi connectivity index (χ1n) is 16.7. The molecule has 278 valence electrons. The van der Waals surface area contributed by atoms with Gasteiger partial charge >= 0.3 is 29.6 Å². The van der Waals surface area contributed by atoms with Crippen molar-refractivity contribution in [3.63, 3.8) is 0 Å². The number of halogens is 4. The maximum atomic E-state index is 13.3. The number of hydrogen-bond acceptors (Lipinski definition) is 7. The Labute approximate surface area is 342 Å². The van der Waals surface area contributed by atoms with Gasteiger partial charge in [0.05, 0.1) is 30.3 Å². The summed E-state index contributed by atoms with van der Waals surface area (Å²) in [5, 5.41) is 10.6. The average molecular weight is 871 g/mol. The molecule has 0 aromatic heterocycles. The van der Waals surface area contributed by atoms with Crippen molar-refractivity contribution in [3.05, 3.63) is 97.9 Å². The van der Waals surface area contributed by atoms with Crippen molar-refractivity contribution in [2.45, 2.75) is 82.8 Å². The third kappa shape index (κ3) is 12.4. The SMILES string of the molecule is C.Cc1ccc(S(=O)(=O)OCC2(CCC(O)c3ccc(F)cc3Br)CCOCC2)cc1.Fc1ccc(C2CCC3(CCOCC3)CO2)c(Br)c1.[H-].[Na+]. The maximum Gasteiger partial charge on any atom is 1.00 e. The van der Waals surface area contributed by atoms with Gasteiger partial charge in [-0.05, 0) is 117 Å². The van der Waals surface area contributed by atoms with E-state index in [1.807, 2.05) is 13.0 Å². The van der Waals surface area contributed by atoms with Gasteiger partial charge in [-0.2, -0.15) is 8.42 Å². The monoisotopic (exact) mass is 868 g/mol. The topological polar surface area (TPSA) is 91.3 Å². The van der Waals surface area contributed by atoms with E-state index in [9.17, 15) is 22.3 Å². The molecule has 3 aliphatic rings. The summed E-state index contributed by atoms with van der Waals surface area (Å²) in [6.07, 6.45) is 5.92. The molecule has 6 rings (SSSR count). The summed E-state index contributed by atoms with van der Waals surface area (Å²) in [7, 11) is -3.87. The van der Waals surface area contributed by atoms with E-state index in [4.69, 9.17) is 18.4 Å². The van der Waals surface area contributed by atoms with Crippen molar-refractivity contribution in [2.24, 2.45) is 10.8 Å². The van der Waals surface area contributed by atoms with E-state index < -0.39 is 21.6 Å². The van der Waals surface area contributed by atoms with E-state index in [0.717, 1.165) is 54.7 Å². The predicted octanol–water partition coefficient (Wildman–Crippen LogP) is 6.90. The van der Waals surface area contributed by atoms with E-state index in [1.54, 1.807) is 18.2 Å². The van der Waals surface area contributed by atoms with Gasteiger partial charge in [-0.3, -0.25) is 4.18 Å². The molecule has 13 heteroatoms. The molecule has 3 saturated heterocycles. The number of aliphatic hydroxyl groups excluding tert-OH is 1. The molecule has 3 heterocycles. The summed E-state index contributed by atoms with van der Waals surface area (Å²) in [4.78, 5) is 0.130. The van der Waals surface area contributed by atoms with Gasteiger partial charge in [-0.15, -0.1) is 0 Å². The summed E-state index contributed by atoms with van der Waals surface area (Å²) in [6, 6.07) is 15.6. The first-order chi connectivity index (χ1) is 23.4. The van der Waals surface area contributed by atoms with Gasteiger partial charge in [0.25, 0.3) is 10.1 Å². The number of benzene rings is 3. The van der Waals surface area contributed by atoms with Crippen LogP contribution in [0.3, 0.4) is 0 Å². The van der Waals surface area contributed by atoms with Gasteiger partial charge in [-0.25, -0.2) is 8.78 Å². The first kappa shape index (κ1) is 44.6. The molecule has 2 unspecified atom stereocenters. The third-order valence-electron chi connectivity index (χ3n) is 10.0. The Balaban J connectivity index is 0.000000369. The van der Waals surface area contributed by atoms with Crippen LogP contribution in [0.5, 0.6) is 0 Å². The van der Waals surface area contributed by atoms with Crippen LogP contribution in [0.25, 0.3) is 0 Å². The van der Waals surface area contributed by atoms with Gasteiger partial charge in [0, 0.05) is 35.4 Å². The number of hydrogen-bond donors (Lipinski definition) is 1. The van der Waals surface area contributed by atoms with Gasteiger partial charge in [0.1, 0.15) is 11.6 Å². The number of aryl methyl sites for hydroxylation is 1. The summed E-state index contributed by atoms with van der Waals surface area (Å²) in [5.74, 6) is -0.597. The second-order valence-corrected chi connectivity index (χ2v) is 16.8. The van der Waals surface area contributed by atoms with Crippen LogP contribution in [0, 0.1) is 29.4 Å². The third-order valence-corrected chi connectivity index (χ3v) is 12.7. The number of ether oxygens (including phenoxy) is 3. The molecule has 51 heavy (non-hydrogen) atoms. The second-order valence-electron chi connectivity index (χ2n) is 13.5. The van der Waals surface area contributed by atoms with Crippen molar-refractivity contribution in [3.8, 4) is 0 Å². The Bertz CT molecular complexity index is 1650. The van der Waals surface area contributed by atoms with Crippen molar-refractivity contribution in [1.29, 1.82) is 0 Å². The van der Waals surface area contributed by atoms with E-state index in [1.165, 1.54) is 42.8 Å². The first-order valence-corrected chi connectivity index (χ1v) is 19.7. The maximum absolute atomic E-state index is 13.3. The van der Waals surface area contributed by atoms with Crippen LogP contribution >= 0.6 is 31.9 Å². The summed E-state index contributed by atoms with van der Waals surface area (Å²) in [6.45, 7) is 5.46. The molecule has 1 spiro atoms. The molecule has 0 radical (unpaired) electrons. The van der Waals surface area contributed by atoms with Crippen LogP contribution in [0.2, 0.25) is 0 Å². The number of rotatable bonds is 9. The van der Waals surface area contributed by atoms with Crippen molar-refractivity contribution < 1.29 is 71.7 Å². The standard InChI is InChI=1S/C22H26BrFO5S.C15H18BrFO2.CH4.Na.H/c1-16-2-5-18(6-3-16)30(26,27)29-15-22(10-12-28-13-11-22)9-8-21(25)19-7-4-17(24)14-20(19)23;16-13-9-11(17)1-2-12(13)14-3-4-15(10-19-14)5-7-18-8-6-15;;;/h2-7,14,21,25H,8-13,15H2,1H3;1-2,9,14H,3-8,10H2;1H4;;/q;;;+1;-1. The van der Waals surface area contributed by atoms with Gasteiger partial charge < -0.3 is 20.7 Å². The zero-order valence-corrected chi connectivity index (χ0v) is 34.6. The van der Waals surface area contributed by atoms with Crippen LogP contribution in [-0.2, 0) is 28.5 Å². The van der Waals surface area contributed by atoms with Crippen molar-refractivity contribution in [2.75, 3.05) is 39.6 Å². The van der Waals surface area contributed by atoms with E-state index in [0.29, 0.717) is 54.3 Å².